The van der Waals surface area contributed by atoms with E-state index < -0.39 is 0 Å². The van der Waals surface area contributed by atoms with Crippen LogP contribution in [0.2, 0.25) is 0 Å². The van der Waals surface area contributed by atoms with E-state index in [0.717, 1.165) is 10.4 Å². The first-order valence-corrected chi connectivity index (χ1v) is 7.76. The van der Waals surface area contributed by atoms with E-state index in [0.29, 0.717) is 5.03 Å². The third-order valence-corrected chi connectivity index (χ3v) is 3.95. The van der Waals surface area contributed by atoms with Crippen LogP contribution in [-0.2, 0) is 4.79 Å². The molecule has 0 bridgehead atoms. The molecule has 0 aliphatic heterocycles. The summed E-state index contributed by atoms with van der Waals surface area (Å²) in [5, 5.41) is 12.1. The zero-order valence-corrected chi connectivity index (χ0v) is 12.9. The van der Waals surface area contributed by atoms with Gasteiger partial charge in [-0.3, -0.25) is 4.79 Å². The smallest absolute Gasteiger partial charge is 0.251 e. The molecule has 0 saturated carbocycles. The van der Waals surface area contributed by atoms with Crippen molar-refractivity contribution in [1.29, 1.82) is 0 Å². The van der Waals surface area contributed by atoms with Crippen molar-refractivity contribution >= 4 is 23.4 Å². The van der Waals surface area contributed by atoms with Gasteiger partial charge in [0, 0.05) is 23.9 Å². The Morgan fingerprint density at radius 2 is 1.86 bits per heavy atom. The second-order valence-corrected chi connectivity index (χ2v) is 5.84. The lowest BCUT2D eigenvalue weighted by molar-refractivity contribution is -0.645. The number of amides is 1. The fourth-order valence-corrected chi connectivity index (χ4v) is 2.82. The van der Waals surface area contributed by atoms with Gasteiger partial charge in [-0.1, -0.05) is 18.2 Å². The van der Waals surface area contributed by atoms with E-state index in [9.17, 15) is 10.0 Å². The van der Waals surface area contributed by atoms with E-state index in [1.165, 1.54) is 18.0 Å². The van der Waals surface area contributed by atoms with E-state index in [1.807, 2.05) is 44.2 Å². The van der Waals surface area contributed by atoms with Gasteiger partial charge in [0.25, 0.3) is 5.03 Å². The summed E-state index contributed by atoms with van der Waals surface area (Å²) in [5.74, 6) is 0.226. The molecule has 0 saturated heterocycles. The van der Waals surface area contributed by atoms with Crippen LogP contribution in [0, 0.1) is 5.21 Å². The maximum atomic E-state index is 12.5. The first-order valence-electron chi connectivity index (χ1n) is 6.77. The highest BCUT2D eigenvalue weighted by atomic mass is 32.2. The highest BCUT2D eigenvalue weighted by Gasteiger charge is 2.20. The topological polar surface area (TPSA) is 47.2 Å². The Morgan fingerprint density at radius 3 is 2.48 bits per heavy atom. The summed E-state index contributed by atoms with van der Waals surface area (Å²) < 4.78 is 0.778. The number of pyridine rings is 1. The molecule has 0 radical (unpaired) electrons. The molecule has 0 N–H and O–H groups in total. The Kier molecular flexibility index (Phi) is 5.22. The summed E-state index contributed by atoms with van der Waals surface area (Å²) in [6, 6.07) is 14.8. The average Bonchev–Trinajstić information content (AvgIpc) is 2.47. The van der Waals surface area contributed by atoms with E-state index >= 15 is 0 Å². The summed E-state index contributed by atoms with van der Waals surface area (Å²) in [7, 11) is 0. The largest absolute Gasteiger partial charge is 0.618 e. The van der Waals surface area contributed by atoms with Gasteiger partial charge in [-0.05, 0) is 43.8 Å². The minimum Gasteiger partial charge on any atom is -0.618 e. The van der Waals surface area contributed by atoms with E-state index in [4.69, 9.17) is 0 Å². The Labute approximate surface area is 129 Å². The van der Waals surface area contributed by atoms with Gasteiger partial charge in [0.15, 0.2) is 6.20 Å². The van der Waals surface area contributed by atoms with Gasteiger partial charge in [0.2, 0.25) is 5.91 Å². The molecule has 1 heterocycles. The highest BCUT2D eigenvalue weighted by Crippen LogP contribution is 2.20. The molecule has 1 amide bonds. The van der Waals surface area contributed by atoms with Crippen LogP contribution in [0.1, 0.15) is 13.8 Å². The molecule has 0 spiro atoms. The lowest BCUT2D eigenvalue weighted by Gasteiger charge is -2.26. The fourth-order valence-electron chi connectivity index (χ4n) is 2.05. The third kappa shape index (κ3) is 3.98. The van der Waals surface area contributed by atoms with Gasteiger partial charge in [0.1, 0.15) is 0 Å². The molecule has 0 aliphatic rings. The van der Waals surface area contributed by atoms with Crippen molar-refractivity contribution in [1.82, 2.24) is 0 Å². The lowest BCUT2D eigenvalue weighted by Crippen LogP contribution is -2.38. The quantitative estimate of drug-likeness (QED) is 0.485. The maximum Gasteiger partial charge on any atom is 0.251 e. The summed E-state index contributed by atoms with van der Waals surface area (Å²) in [4.78, 5) is 14.2. The van der Waals surface area contributed by atoms with Crippen LogP contribution < -0.4 is 9.63 Å². The lowest BCUT2D eigenvalue weighted by atomic mass is 10.2. The molecule has 1 aromatic carbocycles. The summed E-state index contributed by atoms with van der Waals surface area (Å²) >= 11 is 1.25. The van der Waals surface area contributed by atoms with Crippen molar-refractivity contribution in [3.8, 4) is 0 Å². The first kappa shape index (κ1) is 15.4. The van der Waals surface area contributed by atoms with Crippen molar-refractivity contribution < 1.29 is 9.52 Å². The zero-order valence-electron chi connectivity index (χ0n) is 12.1. The number of thioether (sulfide) groups is 1. The molecular weight excluding hydrogens is 284 g/mol. The van der Waals surface area contributed by atoms with Gasteiger partial charge in [0.05, 0.1) is 5.75 Å². The van der Waals surface area contributed by atoms with Crippen molar-refractivity contribution in [2.24, 2.45) is 0 Å². The minimum atomic E-state index is -0.00921. The number of para-hydroxylation sites is 1. The molecule has 5 heteroatoms. The van der Waals surface area contributed by atoms with Crippen LogP contribution in [0.25, 0.3) is 0 Å². The molecule has 0 atom stereocenters. The molecular formula is C16H18N2O2S. The first-order chi connectivity index (χ1) is 10.1. The van der Waals surface area contributed by atoms with Gasteiger partial charge in [-0.15, -0.1) is 0 Å². The van der Waals surface area contributed by atoms with Gasteiger partial charge in [-0.2, -0.15) is 4.73 Å². The van der Waals surface area contributed by atoms with Crippen LogP contribution >= 0.6 is 11.8 Å². The maximum absolute atomic E-state index is 12.5. The summed E-state index contributed by atoms with van der Waals surface area (Å²) in [6.07, 6.45) is 1.43. The second kappa shape index (κ2) is 7.13. The Bertz CT molecular complexity index is 602. The summed E-state index contributed by atoms with van der Waals surface area (Å²) in [6.45, 7) is 3.96. The van der Waals surface area contributed by atoms with Crippen LogP contribution in [0.5, 0.6) is 0 Å². The van der Waals surface area contributed by atoms with Crippen LogP contribution in [-0.4, -0.2) is 17.7 Å². The molecule has 21 heavy (non-hydrogen) atoms. The van der Waals surface area contributed by atoms with Gasteiger partial charge >= 0.3 is 0 Å². The number of carbonyl (C=O) groups excluding carboxylic acids is 1. The molecule has 0 unspecified atom stereocenters. The number of anilines is 1. The summed E-state index contributed by atoms with van der Waals surface area (Å²) in [5.41, 5.74) is 0.876. The predicted octanol–water partition coefficient (Wildman–Crippen LogP) is 2.85. The molecule has 4 nitrogen and oxygen atoms in total. The number of hydrogen-bond donors (Lipinski definition) is 0. The number of hydrogen-bond acceptors (Lipinski definition) is 3. The third-order valence-electron chi connectivity index (χ3n) is 2.95. The van der Waals surface area contributed by atoms with Gasteiger partial charge in [-0.25, -0.2) is 0 Å². The van der Waals surface area contributed by atoms with Crippen LogP contribution in [0.3, 0.4) is 0 Å². The Hall–Kier alpha value is -2.01. The molecule has 2 aromatic rings. The number of aromatic nitrogens is 1. The average molecular weight is 302 g/mol. The van der Waals surface area contributed by atoms with E-state index in [-0.39, 0.29) is 17.7 Å². The van der Waals surface area contributed by atoms with Crippen molar-refractivity contribution in [2.45, 2.75) is 24.9 Å². The monoisotopic (exact) mass is 302 g/mol. The SMILES string of the molecule is CC(C)N(C(=O)CSc1cccc[n+]1[O-])c1ccccc1. The highest BCUT2D eigenvalue weighted by molar-refractivity contribution is 7.99. The zero-order chi connectivity index (χ0) is 15.2. The van der Waals surface area contributed by atoms with Crippen LogP contribution in [0.15, 0.2) is 59.8 Å². The predicted molar refractivity (Wildman–Crippen MR) is 85.2 cm³/mol. The number of carbonyl (C=O) groups is 1. The molecule has 0 fully saturated rings. The molecule has 110 valence electrons. The Morgan fingerprint density at radius 1 is 1.19 bits per heavy atom. The fraction of sp³-hybridized carbons (Fsp3) is 0.250. The normalized spacial score (nSPS) is 10.6. The van der Waals surface area contributed by atoms with Crippen molar-refractivity contribution in [3.63, 3.8) is 0 Å². The van der Waals surface area contributed by atoms with Crippen molar-refractivity contribution in [3.05, 3.63) is 59.9 Å². The number of rotatable bonds is 5. The molecule has 1 aromatic heterocycles. The van der Waals surface area contributed by atoms with E-state index in [2.05, 4.69) is 0 Å². The minimum absolute atomic E-state index is 0.00921. The van der Waals surface area contributed by atoms with Crippen molar-refractivity contribution in [2.75, 3.05) is 10.7 Å². The van der Waals surface area contributed by atoms with Gasteiger partial charge < -0.3 is 10.1 Å². The Balaban J connectivity index is 2.08. The molecule has 0 aliphatic carbocycles. The van der Waals surface area contributed by atoms with E-state index in [1.54, 1.807) is 23.1 Å². The second-order valence-electron chi connectivity index (χ2n) is 4.85. The standard InChI is InChI=1S/C16H18N2O2S/c1-13(2)18(14-8-4-3-5-9-14)15(19)12-21-16-10-6-7-11-17(16)20/h3-11,13H,12H2,1-2H3. The molecule has 2 rings (SSSR count). The van der Waals surface area contributed by atoms with Crippen LogP contribution in [0.4, 0.5) is 5.69 Å². The number of benzene rings is 1. The number of nitrogens with zero attached hydrogens (tertiary/aromatic N) is 2.